The molecule has 0 aliphatic rings. The molecule has 0 aliphatic heterocycles. The molecular weight excluding hydrogens is 174 g/mol. The van der Waals surface area contributed by atoms with Gasteiger partial charge in [-0.3, -0.25) is 0 Å². The zero-order valence-electron chi connectivity index (χ0n) is 9.68. The van der Waals surface area contributed by atoms with Crippen LogP contribution in [-0.4, -0.2) is 26.1 Å². The first-order valence-corrected chi connectivity index (χ1v) is 4.85. The predicted octanol–water partition coefficient (Wildman–Crippen LogP) is 1.48. The highest BCUT2D eigenvalue weighted by atomic mass is 15.1. The van der Waals surface area contributed by atoms with Gasteiger partial charge in [-0.15, -0.1) is 0 Å². The van der Waals surface area contributed by atoms with E-state index in [1.165, 1.54) is 11.1 Å². The third-order valence-electron chi connectivity index (χ3n) is 2.23. The molecule has 0 atom stereocenters. The second-order valence-corrected chi connectivity index (χ2v) is 3.81. The lowest BCUT2D eigenvalue weighted by Crippen LogP contribution is -2.18. The summed E-state index contributed by atoms with van der Waals surface area (Å²) in [5, 5.41) is 3.17. The van der Waals surface area contributed by atoms with Crippen molar-refractivity contribution in [2.75, 3.05) is 26.0 Å². The Labute approximate surface area is 86.2 Å². The van der Waals surface area contributed by atoms with Gasteiger partial charge in [-0.05, 0) is 32.5 Å². The number of nitrogens with zero attached hydrogens (tertiary/aromatic N) is 2. The van der Waals surface area contributed by atoms with E-state index in [-0.39, 0.29) is 0 Å². The van der Waals surface area contributed by atoms with Crippen LogP contribution >= 0.6 is 0 Å². The average molecular weight is 193 g/mol. The molecule has 0 unspecified atom stereocenters. The van der Waals surface area contributed by atoms with Crippen LogP contribution in [0.4, 0.5) is 5.82 Å². The van der Waals surface area contributed by atoms with Gasteiger partial charge in [-0.2, -0.15) is 0 Å². The van der Waals surface area contributed by atoms with E-state index in [2.05, 4.69) is 28.2 Å². The number of anilines is 1. The van der Waals surface area contributed by atoms with Crippen molar-refractivity contribution in [2.24, 2.45) is 0 Å². The lowest BCUT2D eigenvalue weighted by Gasteiger charge is -2.18. The molecule has 0 spiro atoms. The van der Waals surface area contributed by atoms with E-state index in [1.807, 2.05) is 28.1 Å². The number of pyridine rings is 1. The van der Waals surface area contributed by atoms with Crippen molar-refractivity contribution < 1.29 is 0 Å². The van der Waals surface area contributed by atoms with Crippen molar-refractivity contribution in [3.05, 3.63) is 22.9 Å². The third-order valence-corrected chi connectivity index (χ3v) is 2.23. The normalized spacial score (nSPS) is 10.4. The molecular formula is C11H19N3. The number of nitrogens with one attached hydrogen (secondary N) is 1. The molecule has 1 heterocycles. The van der Waals surface area contributed by atoms with Crippen molar-refractivity contribution >= 4 is 5.82 Å². The smallest absolute Gasteiger partial charge is 0.133 e. The summed E-state index contributed by atoms with van der Waals surface area (Å²) < 4.78 is 0. The highest BCUT2D eigenvalue weighted by molar-refractivity contribution is 5.50. The molecule has 0 bridgehead atoms. The fourth-order valence-corrected chi connectivity index (χ4v) is 1.61. The maximum atomic E-state index is 4.54. The summed E-state index contributed by atoms with van der Waals surface area (Å²) in [6.45, 7) is 5.03. The summed E-state index contributed by atoms with van der Waals surface area (Å²) in [5.41, 5.74) is 3.66. The Morgan fingerprint density at radius 3 is 2.50 bits per heavy atom. The summed E-state index contributed by atoms with van der Waals surface area (Å²) in [4.78, 5) is 6.60. The van der Waals surface area contributed by atoms with Gasteiger partial charge in [0.15, 0.2) is 0 Å². The lowest BCUT2D eigenvalue weighted by molar-refractivity contribution is 0.799. The molecule has 1 aromatic rings. The van der Waals surface area contributed by atoms with Crippen LogP contribution in [0.3, 0.4) is 0 Å². The molecule has 0 aliphatic carbocycles. The zero-order valence-corrected chi connectivity index (χ0v) is 9.68. The predicted molar refractivity (Wildman–Crippen MR) is 60.8 cm³/mol. The number of hydrogen-bond donors (Lipinski definition) is 1. The SMILES string of the molecule is CNCc1c(C)cc(C)nc1N(C)C. The fraction of sp³-hybridized carbons (Fsp3) is 0.545. The quantitative estimate of drug-likeness (QED) is 0.788. The molecule has 0 saturated heterocycles. The molecule has 14 heavy (non-hydrogen) atoms. The highest BCUT2D eigenvalue weighted by Crippen LogP contribution is 2.20. The average Bonchev–Trinajstić information content (AvgIpc) is 2.09. The Bertz CT molecular complexity index is 319. The van der Waals surface area contributed by atoms with Crippen LogP contribution in [0.2, 0.25) is 0 Å². The molecule has 1 rings (SSSR count). The van der Waals surface area contributed by atoms with E-state index in [0.717, 1.165) is 18.1 Å². The number of hydrogen-bond acceptors (Lipinski definition) is 3. The van der Waals surface area contributed by atoms with E-state index >= 15 is 0 Å². The first-order valence-electron chi connectivity index (χ1n) is 4.85. The summed E-state index contributed by atoms with van der Waals surface area (Å²) in [7, 11) is 6.01. The van der Waals surface area contributed by atoms with Crippen LogP contribution in [0.15, 0.2) is 6.07 Å². The van der Waals surface area contributed by atoms with Crippen molar-refractivity contribution in [2.45, 2.75) is 20.4 Å². The largest absolute Gasteiger partial charge is 0.362 e. The minimum absolute atomic E-state index is 0.868. The Hall–Kier alpha value is -1.09. The van der Waals surface area contributed by atoms with Crippen LogP contribution in [-0.2, 0) is 6.54 Å². The van der Waals surface area contributed by atoms with E-state index in [9.17, 15) is 0 Å². The summed E-state index contributed by atoms with van der Waals surface area (Å²) >= 11 is 0. The minimum atomic E-state index is 0.868. The molecule has 0 aromatic carbocycles. The van der Waals surface area contributed by atoms with Gasteiger partial charge in [-0.25, -0.2) is 4.98 Å². The fourth-order valence-electron chi connectivity index (χ4n) is 1.61. The van der Waals surface area contributed by atoms with Gasteiger partial charge in [-0.1, -0.05) is 0 Å². The standard InChI is InChI=1S/C11H19N3/c1-8-6-9(2)13-11(14(4)5)10(8)7-12-3/h6,12H,7H2,1-5H3. The molecule has 1 aromatic heterocycles. The minimum Gasteiger partial charge on any atom is -0.362 e. The van der Waals surface area contributed by atoms with Gasteiger partial charge >= 0.3 is 0 Å². The first kappa shape index (κ1) is 11.0. The Kier molecular flexibility index (Phi) is 3.47. The number of rotatable bonds is 3. The van der Waals surface area contributed by atoms with Crippen LogP contribution in [0.1, 0.15) is 16.8 Å². The van der Waals surface area contributed by atoms with E-state index in [0.29, 0.717) is 0 Å². The summed E-state index contributed by atoms with van der Waals surface area (Å²) in [5.74, 6) is 1.07. The lowest BCUT2D eigenvalue weighted by atomic mass is 10.1. The maximum absolute atomic E-state index is 4.54. The monoisotopic (exact) mass is 193 g/mol. The Morgan fingerprint density at radius 1 is 1.36 bits per heavy atom. The Morgan fingerprint density at radius 2 is 2.00 bits per heavy atom. The van der Waals surface area contributed by atoms with E-state index in [4.69, 9.17) is 0 Å². The summed E-state index contributed by atoms with van der Waals surface area (Å²) in [6.07, 6.45) is 0. The van der Waals surface area contributed by atoms with Gasteiger partial charge in [0.1, 0.15) is 5.82 Å². The molecule has 0 radical (unpaired) electrons. The molecule has 0 fully saturated rings. The van der Waals surface area contributed by atoms with Crippen LogP contribution in [0, 0.1) is 13.8 Å². The van der Waals surface area contributed by atoms with Gasteiger partial charge in [0.2, 0.25) is 0 Å². The molecule has 3 heteroatoms. The maximum Gasteiger partial charge on any atom is 0.133 e. The molecule has 1 N–H and O–H groups in total. The van der Waals surface area contributed by atoms with E-state index in [1.54, 1.807) is 0 Å². The molecule has 3 nitrogen and oxygen atoms in total. The van der Waals surface area contributed by atoms with Gasteiger partial charge < -0.3 is 10.2 Å². The van der Waals surface area contributed by atoms with Gasteiger partial charge in [0.25, 0.3) is 0 Å². The topological polar surface area (TPSA) is 28.2 Å². The number of aromatic nitrogens is 1. The zero-order chi connectivity index (χ0) is 10.7. The molecule has 0 saturated carbocycles. The van der Waals surface area contributed by atoms with E-state index < -0.39 is 0 Å². The number of aryl methyl sites for hydroxylation is 2. The van der Waals surface area contributed by atoms with Crippen molar-refractivity contribution in [1.82, 2.24) is 10.3 Å². The first-order chi connectivity index (χ1) is 6.56. The van der Waals surface area contributed by atoms with Crippen molar-refractivity contribution in [3.8, 4) is 0 Å². The molecule has 0 amide bonds. The van der Waals surface area contributed by atoms with Crippen LogP contribution in [0.25, 0.3) is 0 Å². The van der Waals surface area contributed by atoms with Crippen molar-refractivity contribution in [1.29, 1.82) is 0 Å². The highest BCUT2D eigenvalue weighted by Gasteiger charge is 2.09. The van der Waals surface area contributed by atoms with Crippen LogP contribution in [0.5, 0.6) is 0 Å². The van der Waals surface area contributed by atoms with Crippen molar-refractivity contribution in [3.63, 3.8) is 0 Å². The summed E-state index contributed by atoms with van der Waals surface area (Å²) in [6, 6.07) is 2.12. The van der Waals surface area contributed by atoms with Gasteiger partial charge in [0, 0.05) is 31.9 Å². The molecule has 78 valence electrons. The third kappa shape index (κ3) is 2.23. The van der Waals surface area contributed by atoms with Crippen LogP contribution < -0.4 is 10.2 Å². The second-order valence-electron chi connectivity index (χ2n) is 3.81. The Balaban J connectivity index is 3.21. The van der Waals surface area contributed by atoms with Gasteiger partial charge in [0.05, 0.1) is 0 Å². The second kappa shape index (κ2) is 4.42.